The largest absolute Gasteiger partial charge is 0.348 e. The van der Waals surface area contributed by atoms with Crippen molar-refractivity contribution in [2.75, 3.05) is 25.5 Å². The second-order valence-corrected chi connectivity index (χ2v) is 8.29. The van der Waals surface area contributed by atoms with E-state index in [1.165, 1.54) is 16.0 Å². The average Bonchev–Trinajstić information content (AvgIpc) is 3.11. The summed E-state index contributed by atoms with van der Waals surface area (Å²) < 4.78 is 12.4. The van der Waals surface area contributed by atoms with Crippen LogP contribution in [0.4, 0.5) is 0 Å². The lowest BCUT2D eigenvalue weighted by molar-refractivity contribution is -0.148. The molecule has 1 atom stereocenters. The Morgan fingerprint density at radius 3 is 2.75 bits per heavy atom. The Balaban J connectivity index is 1.64. The quantitative estimate of drug-likeness (QED) is 0.701. The summed E-state index contributed by atoms with van der Waals surface area (Å²) in [5.41, 5.74) is 2.39. The average molecular weight is 414 g/mol. The monoisotopic (exact) mass is 413 g/mol. The molecular formula is C18H24BrNO3S. The van der Waals surface area contributed by atoms with E-state index in [0.29, 0.717) is 19.0 Å². The fourth-order valence-corrected chi connectivity index (χ4v) is 4.73. The smallest absolute Gasteiger partial charge is 0.233 e. The minimum absolute atomic E-state index is 0.0714. The molecular weight excluding hydrogens is 390 g/mol. The van der Waals surface area contributed by atoms with Gasteiger partial charge in [0, 0.05) is 15.9 Å². The van der Waals surface area contributed by atoms with Crippen molar-refractivity contribution in [2.24, 2.45) is 0 Å². The number of halogens is 1. The summed E-state index contributed by atoms with van der Waals surface area (Å²) >= 11 is 5.18. The summed E-state index contributed by atoms with van der Waals surface area (Å²) in [4.78, 5) is 15.9. The van der Waals surface area contributed by atoms with Crippen LogP contribution in [-0.4, -0.2) is 48.7 Å². The highest BCUT2D eigenvalue weighted by Crippen LogP contribution is 2.30. The van der Waals surface area contributed by atoms with Crippen LogP contribution >= 0.6 is 27.7 Å². The number of aryl methyl sites for hydroxylation is 2. The Morgan fingerprint density at radius 2 is 2.00 bits per heavy atom. The number of carbonyl (C=O) groups excluding carboxylic acids is 1. The first kappa shape index (κ1) is 18.2. The number of hydrogen-bond donors (Lipinski definition) is 0. The molecule has 2 heterocycles. The SMILES string of the molecule is Cc1cc(SCC(=O)N2CCCCC2C2OCCO2)c(C)cc1Br. The number of amides is 1. The molecule has 1 unspecified atom stereocenters. The highest BCUT2D eigenvalue weighted by atomic mass is 79.9. The van der Waals surface area contributed by atoms with Crippen molar-refractivity contribution in [2.45, 2.75) is 50.3 Å². The van der Waals surface area contributed by atoms with Crippen LogP contribution in [0.25, 0.3) is 0 Å². The van der Waals surface area contributed by atoms with E-state index in [-0.39, 0.29) is 18.2 Å². The molecule has 0 aliphatic carbocycles. The van der Waals surface area contributed by atoms with Crippen molar-refractivity contribution >= 4 is 33.6 Å². The van der Waals surface area contributed by atoms with Gasteiger partial charge in [-0.15, -0.1) is 11.8 Å². The minimum Gasteiger partial charge on any atom is -0.348 e. The second-order valence-electron chi connectivity index (χ2n) is 6.42. The van der Waals surface area contributed by atoms with E-state index < -0.39 is 0 Å². The van der Waals surface area contributed by atoms with Crippen LogP contribution in [0.3, 0.4) is 0 Å². The zero-order chi connectivity index (χ0) is 17.1. The number of carbonyl (C=O) groups is 1. The fourth-order valence-electron chi connectivity index (χ4n) is 3.28. The van der Waals surface area contributed by atoms with Crippen LogP contribution in [0.1, 0.15) is 30.4 Å². The highest BCUT2D eigenvalue weighted by Gasteiger charge is 2.36. The molecule has 1 amide bonds. The van der Waals surface area contributed by atoms with Gasteiger partial charge in [-0.2, -0.15) is 0 Å². The molecule has 2 aliphatic rings. The van der Waals surface area contributed by atoms with Crippen molar-refractivity contribution in [3.05, 3.63) is 27.7 Å². The van der Waals surface area contributed by atoms with Gasteiger partial charge in [0.1, 0.15) is 0 Å². The molecule has 0 bridgehead atoms. The summed E-state index contributed by atoms with van der Waals surface area (Å²) in [5.74, 6) is 0.647. The maximum atomic E-state index is 12.8. The summed E-state index contributed by atoms with van der Waals surface area (Å²) in [6.07, 6.45) is 2.93. The van der Waals surface area contributed by atoms with Gasteiger partial charge in [0.15, 0.2) is 6.29 Å². The van der Waals surface area contributed by atoms with Crippen LogP contribution < -0.4 is 0 Å². The third-order valence-corrected chi connectivity index (χ3v) is 6.64. The van der Waals surface area contributed by atoms with E-state index in [1.54, 1.807) is 11.8 Å². The molecule has 2 aliphatic heterocycles. The number of rotatable bonds is 4. The summed E-state index contributed by atoms with van der Waals surface area (Å²) in [6, 6.07) is 4.34. The van der Waals surface area contributed by atoms with E-state index in [9.17, 15) is 4.79 Å². The molecule has 1 aromatic rings. The van der Waals surface area contributed by atoms with Crippen LogP contribution in [0.5, 0.6) is 0 Å². The van der Waals surface area contributed by atoms with Gasteiger partial charge in [0.05, 0.1) is 25.0 Å². The first-order chi connectivity index (χ1) is 11.6. The molecule has 0 radical (unpaired) electrons. The van der Waals surface area contributed by atoms with Gasteiger partial charge >= 0.3 is 0 Å². The summed E-state index contributed by atoms with van der Waals surface area (Å²) in [7, 11) is 0. The maximum absolute atomic E-state index is 12.8. The van der Waals surface area contributed by atoms with Crippen molar-refractivity contribution < 1.29 is 14.3 Å². The standard InChI is InChI=1S/C18H24BrNO3S/c1-12-10-16(13(2)9-14(12)19)24-11-17(21)20-6-4-3-5-15(20)18-22-7-8-23-18/h9-10,15,18H,3-8,11H2,1-2H3. The lowest BCUT2D eigenvalue weighted by Crippen LogP contribution is -2.50. The number of ether oxygens (including phenoxy) is 2. The summed E-state index contributed by atoms with van der Waals surface area (Å²) in [6.45, 7) is 6.24. The van der Waals surface area contributed by atoms with Crippen LogP contribution in [-0.2, 0) is 14.3 Å². The Labute approximate surface area is 156 Å². The number of hydrogen-bond acceptors (Lipinski definition) is 4. The lowest BCUT2D eigenvalue weighted by Gasteiger charge is -2.38. The third kappa shape index (κ3) is 4.15. The van der Waals surface area contributed by atoms with Gasteiger partial charge in [0.25, 0.3) is 0 Å². The molecule has 0 N–H and O–H groups in total. The van der Waals surface area contributed by atoms with E-state index in [0.717, 1.165) is 30.3 Å². The lowest BCUT2D eigenvalue weighted by atomic mass is 10.0. The van der Waals surface area contributed by atoms with Gasteiger partial charge < -0.3 is 14.4 Å². The van der Waals surface area contributed by atoms with E-state index in [1.807, 2.05) is 4.90 Å². The van der Waals surface area contributed by atoms with Gasteiger partial charge in [-0.25, -0.2) is 0 Å². The molecule has 0 saturated carbocycles. The Morgan fingerprint density at radius 1 is 1.25 bits per heavy atom. The molecule has 3 rings (SSSR count). The molecule has 4 nitrogen and oxygen atoms in total. The zero-order valence-corrected chi connectivity index (χ0v) is 16.6. The third-order valence-electron chi connectivity index (χ3n) is 4.64. The van der Waals surface area contributed by atoms with Gasteiger partial charge in [-0.3, -0.25) is 4.79 Å². The van der Waals surface area contributed by atoms with Crippen molar-refractivity contribution in [3.8, 4) is 0 Å². The Kier molecular flexibility index (Phi) is 6.24. The number of nitrogens with zero attached hydrogens (tertiary/aromatic N) is 1. The van der Waals surface area contributed by atoms with Gasteiger partial charge in [-0.05, 0) is 56.4 Å². The number of likely N-dealkylation sites (tertiary alicyclic amines) is 1. The molecule has 2 fully saturated rings. The van der Waals surface area contributed by atoms with Crippen molar-refractivity contribution in [1.29, 1.82) is 0 Å². The molecule has 1 aromatic carbocycles. The molecule has 24 heavy (non-hydrogen) atoms. The van der Waals surface area contributed by atoms with Crippen molar-refractivity contribution in [3.63, 3.8) is 0 Å². The van der Waals surface area contributed by atoms with Gasteiger partial charge in [0.2, 0.25) is 5.91 Å². The predicted molar refractivity (Wildman–Crippen MR) is 99.4 cm³/mol. The molecule has 6 heteroatoms. The highest BCUT2D eigenvalue weighted by molar-refractivity contribution is 9.10. The zero-order valence-electron chi connectivity index (χ0n) is 14.2. The van der Waals surface area contributed by atoms with E-state index >= 15 is 0 Å². The second kappa shape index (κ2) is 8.21. The minimum atomic E-state index is -0.240. The van der Waals surface area contributed by atoms with Crippen LogP contribution in [0, 0.1) is 13.8 Å². The molecule has 2 saturated heterocycles. The Bertz CT molecular complexity index is 604. The Hall–Kier alpha value is -0.560. The van der Waals surface area contributed by atoms with E-state index in [4.69, 9.17) is 9.47 Å². The van der Waals surface area contributed by atoms with E-state index in [2.05, 4.69) is 41.9 Å². The van der Waals surface area contributed by atoms with Gasteiger partial charge in [-0.1, -0.05) is 15.9 Å². The number of benzene rings is 1. The number of thioether (sulfide) groups is 1. The normalized spacial score (nSPS) is 22.1. The number of piperidine rings is 1. The topological polar surface area (TPSA) is 38.8 Å². The fraction of sp³-hybridized carbons (Fsp3) is 0.611. The predicted octanol–water partition coefficient (Wildman–Crippen LogP) is 3.91. The molecule has 132 valence electrons. The van der Waals surface area contributed by atoms with Crippen LogP contribution in [0.15, 0.2) is 21.5 Å². The molecule has 0 aromatic heterocycles. The first-order valence-corrected chi connectivity index (χ1v) is 10.3. The van der Waals surface area contributed by atoms with Crippen molar-refractivity contribution in [1.82, 2.24) is 4.90 Å². The first-order valence-electron chi connectivity index (χ1n) is 8.48. The van der Waals surface area contributed by atoms with Crippen LogP contribution in [0.2, 0.25) is 0 Å². The molecule has 0 spiro atoms. The maximum Gasteiger partial charge on any atom is 0.233 e. The summed E-state index contributed by atoms with van der Waals surface area (Å²) in [5, 5.41) is 0.